The minimum atomic E-state index is -5.75. The Morgan fingerprint density at radius 3 is 1.58 bits per heavy atom. The van der Waals surface area contributed by atoms with Gasteiger partial charge in [0.15, 0.2) is 0 Å². The van der Waals surface area contributed by atoms with E-state index in [-0.39, 0.29) is 0 Å². The molecule has 19 heavy (non-hydrogen) atoms. The minimum Gasteiger partial charge on any atom is -0.318 e. The van der Waals surface area contributed by atoms with Crippen LogP contribution < -0.4 is 5.56 Å². The lowest BCUT2D eigenvalue weighted by molar-refractivity contribution is -0.165. The van der Waals surface area contributed by atoms with Crippen LogP contribution in [0, 0.1) is 0 Å². The van der Waals surface area contributed by atoms with Gasteiger partial charge in [0.1, 0.15) is 11.3 Å². The maximum Gasteiger partial charge on any atom is 0.431 e. The number of aromatic amines is 1. The molecule has 0 atom stereocenters. The fourth-order valence-corrected chi connectivity index (χ4v) is 1.22. The van der Waals surface area contributed by atoms with Crippen LogP contribution in [-0.4, -0.2) is 4.98 Å². The third-order valence-electron chi connectivity index (χ3n) is 1.93. The Morgan fingerprint density at radius 2 is 1.26 bits per heavy atom. The van der Waals surface area contributed by atoms with Gasteiger partial charge in [0.05, 0.1) is 5.56 Å². The van der Waals surface area contributed by atoms with Crippen molar-refractivity contribution < 1.29 is 39.5 Å². The summed E-state index contributed by atoms with van der Waals surface area (Å²) in [5.74, 6) is 0. The lowest BCUT2D eigenvalue weighted by Crippen LogP contribution is -2.30. The van der Waals surface area contributed by atoms with Crippen LogP contribution in [0.5, 0.6) is 0 Å². The van der Waals surface area contributed by atoms with Crippen molar-refractivity contribution in [3.05, 3.63) is 33.2 Å². The topological polar surface area (TPSA) is 32.9 Å². The van der Waals surface area contributed by atoms with Gasteiger partial charge in [0, 0.05) is 0 Å². The first-order valence-electron chi connectivity index (χ1n) is 4.23. The summed E-state index contributed by atoms with van der Waals surface area (Å²) in [5.41, 5.74) is -10.1. The molecule has 0 unspecified atom stereocenters. The van der Waals surface area contributed by atoms with Crippen molar-refractivity contribution in [2.24, 2.45) is 0 Å². The van der Waals surface area contributed by atoms with E-state index >= 15 is 0 Å². The molecule has 0 saturated heterocycles. The van der Waals surface area contributed by atoms with E-state index < -0.39 is 47.0 Å². The molecule has 1 N–H and O–H groups in total. The number of nitrogens with one attached hydrogen (secondary N) is 1. The molecule has 1 rings (SSSR count). The van der Waals surface area contributed by atoms with E-state index in [0.717, 1.165) is 4.98 Å². The van der Waals surface area contributed by atoms with Gasteiger partial charge in [0.2, 0.25) is 0 Å². The summed E-state index contributed by atoms with van der Waals surface area (Å²) < 4.78 is 110. The Balaban J connectivity index is 3.74. The largest absolute Gasteiger partial charge is 0.431 e. The van der Waals surface area contributed by atoms with Gasteiger partial charge in [-0.1, -0.05) is 0 Å². The van der Waals surface area contributed by atoms with Crippen LogP contribution in [0.1, 0.15) is 16.8 Å². The lowest BCUT2D eigenvalue weighted by Gasteiger charge is -2.16. The van der Waals surface area contributed by atoms with E-state index in [2.05, 4.69) is 0 Å². The second kappa shape index (κ2) is 4.17. The first-order valence-corrected chi connectivity index (χ1v) is 4.23. The molecule has 0 saturated carbocycles. The van der Waals surface area contributed by atoms with Gasteiger partial charge in [-0.3, -0.25) is 4.79 Å². The molecule has 0 bridgehead atoms. The normalized spacial score (nSPS) is 13.7. The first kappa shape index (κ1) is 15.4. The number of hydrogen-bond donors (Lipinski definition) is 1. The van der Waals surface area contributed by atoms with Crippen molar-refractivity contribution in [2.45, 2.75) is 18.5 Å². The molecule has 1 heterocycles. The molecule has 1 aromatic rings. The highest BCUT2D eigenvalue weighted by molar-refractivity contribution is 5.32. The summed E-state index contributed by atoms with van der Waals surface area (Å²) in [5, 5.41) is 0. The van der Waals surface area contributed by atoms with E-state index in [9.17, 15) is 44.3 Å². The molecule has 108 valence electrons. The Morgan fingerprint density at radius 1 is 0.789 bits per heavy atom. The summed E-state index contributed by atoms with van der Waals surface area (Å²) in [6.07, 6.45) is -16.9. The van der Waals surface area contributed by atoms with E-state index in [0.29, 0.717) is 0 Å². The van der Waals surface area contributed by atoms with Crippen molar-refractivity contribution in [2.75, 3.05) is 0 Å². The lowest BCUT2D eigenvalue weighted by atomic mass is 10.1. The molecule has 11 heteroatoms. The predicted molar refractivity (Wildman–Crippen MR) is 42.1 cm³/mol. The van der Waals surface area contributed by atoms with E-state index in [1.54, 1.807) is 0 Å². The van der Waals surface area contributed by atoms with Gasteiger partial charge in [-0.15, -0.1) is 0 Å². The van der Waals surface area contributed by atoms with Crippen LogP contribution in [0.3, 0.4) is 0 Å². The van der Waals surface area contributed by atoms with E-state index in [4.69, 9.17) is 0 Å². The zero-order valence-corrected chi connectivity index (χ0v) is 8.39. The smallest absolute Gasteiger partial charge is 0.318 e. The molecule has 0 spiro atoms. The average Bonchev–Trinajstić information content (AvgIpc) is 2.11. The summed E-state index contributed by atoms with van der Waals surface area (Å²) in [6.45, 7) is 0. The van der Waals surface area contributed by atoms with Gasteiger partial charge in [0.25, 0.3) is 5.56 Å². The number of H-pyrrole nitrogens is 1. The Kier molecular flexibility index (Phi) is 3.37. The third kappa shape index (κ3) is 3.20. The zero-order valence-electron chi connectivity index (χ0n) is 8.39. The SMILES string of the molecule is O=c1[nH]c(C(F)(F)F)cc(C(F)(F)F)c1C(F)(F)F. The molecule has 0 aliphatic heterocycles. The second-order valence-electron chi connectivity index (χ2n) is 3.29. The van der Waals surface area contributed by atoms with Gasteiger partial charge >= 0.3 is 18.5 Å². The first-order chi connectivity index (χ1) is 8.24. The van der Waals surface area contributed by atoms with Crippen molar-refractivity contribution in [3.8, 4) is 0 Å². The number of pyridine rings is 1. The van der Waals surface area contributed by atoms with Crippen LogP contribution >= 0.6 is 0 Å². The van der Waals surface area contributed by atoms with Crippen LogP contribution in [0.25, 0.3) is 0 Å². The number of alkyl halides is 9. The predicted octanol–water partition coefficient (Wildman–Crippen LogP) is 3.43. The molecule has 2 nitrogen and oxygen atoms in total. The molecule has 0 aliphatic rings. The van der Waals surface area contributed by atoms with Crippen LogP contribution in [0.2, 0.25) is 0 Å². The summed E-state index contributed by atoms with van der Waals surface area (Å²) in [7, 11) is 0. The van der Waals surface area contributed by atoms with Gasteiger partial charge in [-0.25, -0.2) is 0 Å². The summed E-state index contributed by atoms with van der Waals surface area (Å²) in [4.78, 5) is 11.6. The van der Waals surface area contributed by atoms with Crippen LogP contribution in [-0.2, 0) is 18.5 Å². The zero-order chi connectivity index (χ0) is 15.2. The summed E-state index contributed by atoms with van der Waals surface area (Å²) in [6, 6.07) is -0.787. The highest BCUT2D eigenvalue weighted by atomic mass is 19.4. The van der Waals surface area contributed by atoms with E-state index in [1.807, 2.05) is 0 Å². The quantitative estimate of drug-likeness (QED) is 0.731. The highest BCUT2D eigenvalue weighted by Gasteiger charge is 2.47. The van der Waals surface area contributed by atoms with Crippen molar-refractivity contribution in [1.82, 2.24) is 4.98 Å². The Hall–Kier alpha value is -1.68. The standard InChI is InChI=1S/C8H2F9NO/c9-6(10,11)2-1-3(7(12,13)14)18-5(19)4(2)8(15,16)17/h1H,(H,18,19). The molecule has 0 fully saturated rings. The fourth-order valence-electron chi connectivity index (χ4n) is 1.22. The molecule has 0 amide bonds. The van der Waals surface area contributed by atoms with E-state index in [1.165, 1.54) is 0 Å². The van der Waals surface area contributed by atoms with Gasteiger partial charge in [-0.2, -0.15) is 39.5 Å². The number of aromatic nitrogens is 1. The van der Waals surface area contributed by atoms with Crippen molar-refractivity contribution in [1.29, 1.82) is 0 Å². The monoisotopic (exact) mass is 299 g/mol. The third-order valence-corrected chi connectivity index (χ3v) is 1.93. The number of hydrogen-bond acceptors (Lipinski definition) is 1. The Labute approximate surface area is 97.4 Å². The van der Waals surface area contributed by atoms with Crippen molar-refractivity contribution >= 4 is 0 Å². The highest BCUT2D eigenvalue weighted by Crippen LogP contribution is 2.40. The number of halogens is 9. The fraction of sp³-hybridized carbons (Fsp3) is 0.375. The molecule has 0 aliphatic carbocycles. The molecule has 1 aromatic heterocycles. The van der Waals surface area contributed by atoms with Crippen LogP contribution in [0.4, 0.5) is 39.5 Å². The molecule has 0 radical (unpaired) electrons. The second-order valence-corrected chi connectivity index (χ2v) is 3.29. The molecular formula is C8H2F9NO. The number of rotatable bonds is 0. The average molecular weight is 299 g/mol. The molecular weight excluding hydrogens is 297 g/mol. The summed E-state index contributed by atoms with van der Waals surface area (Å²) >= 11 is 0. The van der Waals surface area contributed by atoms with Crippen LogP contribution in [0.15, 0.2) is 10.9 Å². The van der Waals surface area contributed by atoms with Gasteiger partial charge < -0.3 is 4.98 Å². The Bertz CT molecular complexity index is 533. The van der Waals surface area contributed by atoms with Gasteiger partial charge in [-0.05, 0) is 6.07 Å². The minimum absolute atomic E-state index is 0.734. The molecule has 0 aromatic carbocycles. The maximum absolute atomic E-state index is 12.3. The maximum atomic E-state index is 12.3. The van der Waals surface area contributed by atoms with Crippen molar-refractivity contribution in [3.63, 3.8) is 0 Å².